The summed E-state index contributed by atoms with van der Waals surface area (Å²) in [4.78, 5) is 11.9. The number of unbranched alkanes of at least 4 members (excludes halogenated alkanes) is 1. The molecule has 0 aliphatic heterocycles. The van der Waals surface area contributed by atoms with Gasteiger partial charge in [0.2, 0.25) is 0 Å². The average Bonchev–Trinajstić information content (AvgIpc) is 2.95. The van der Waals surface area contributed by atoms with Gasteiger partial charge in [0, 0.05) is 0 Å². The predicted octanol–water partition coefficient (Wildman–Crippen LogP) is 8.53. The lowest BCUT2D eigenvalue weighted by molar-refractivity contribution is 0.0494. The van der Waals surface area contributed by atoms with Crippen LogP contribution < -0.4 is 4.74 Å². The van der Waals surface area contributed by atoms with Crippen LogP contribution in [0.2, 0.25) is 0 Å². The van der Waals surface area contributed by atoms with E-state index in [0.717, 1.165) is 41.3 Å². The molecule has 0 amide bonds. The minimum Gasteiger partial charge on any atom is -0.494 e. The van der Waals surface area contributed by atoms with Gasteiger partial charge < -0.3 is 9.47 Å². The molecule has 7 heteroatoms. The van der Waals surface area contributed by atoms with E-state index in [9.17, 15) is 4.79 Å². The van der Waals surface area contributed by atoms with Gasteiger partial charge in [0.1, 0.15) is 5.75 Å². The SMILES string of the molecule is O=C(OCCCCOc1ccc(N=Nc2ccc(N=Nc3ccccc3)cc2)cc1)c1ccccc1. The monoisotopic (exact) mass is 478 g/mol. The lowest BCUT2D eigenvalue weighted by atomic mass is 10.2. The van der Waals surface area contributed by atoms with Gasteiger partial charge >= 0.3 is 5.97 Å². The molecule has 0 N–H and O–H groups in total. The number of rotatable bonds is 11. The molecule has 4 aromatic rings. The van der Waals surface area contributed by atoms with Gasteiger partial charge in [-0.1, -0.05) is 36.4 Å². The van der Waals surface area contributed by atoms with E-state index in [4.69, 9.17) is 9.47 Å². The maximum atomic E-state index is 11.9. The van der Waals surface area contributed by atoms with Crippen molar-refractivity contribution in [2.75, 3.05) is 13.2 Å². The van der Waals surface area contributed by atoms with Crippen LogP contribution in [0.15, 0.2) is 130 Å². The molecule has 0 aliphatic carbocycles. The zero-order valence-corrected chi connectivity index (χ0v) is 19.7. The topological polar surface area (TPSA) is 85.0 Å². The van der Waals surface area contributed by atoms with Gasteiger partial charge in [0.25, 0.3) is 0 Å². The molecule has 7 nitrogen and oxygen atoms in total. The summed E-state index contributed by atoms with van der Waals surface area (Å²) >= 11 is 0. The second-order valence-corrected chi connectivity index (χ2v) is 7.80. The van der Waals surface area contributed by atoms with Gasteiger partial charge in [-0.15, -0.1) is 0 Å². The lowest BCUT2D eigenvalue weighted by Crippen LogP contribution is -2.07. The average molecular weight is 479 g/mol. The Bertz CT molecular complexity index is 1270. The molecule has 4 aromatic carbocycles. The molecule has 0 atom stereocenters. The van der Waals surface area contributed by atoms with Crippen LogP contribution in [0.4, 0.5) is 22.7 Å². The van der Waals surface area contributed by atoms with Crippen LogP contribution in [0.25, 0.3) is 0 Å². The van der Waals surface area contributed by atoms with Gasteiger partial charge in [-0.3, -0.25) is 0 Å². The third-order valence-corrected chi connectivity index (χ3v) is 5.05. The molecule has 0 heterocycles. The van der Waals surface area contributed by atoms with E-state index in [1.807, 2.05) is 97.1 Å². The third kappa shape index (κ3) is 7.99. The summed E-state index contributed by atoms with van der Waals surface area (Å²) in [6.07, 6.45) is 1.52. The highest BCUT2D eigenvalue weighted by molar-refractivity contribution is 5.89. The van der Waals surface area contributed by atoms with Crippen molar-refractivity contribution in [2.24, 2.45) is 20.5 Å². The highest BCUT2D eigenvalue weighted by atomic mass is 16.5. The Balaban J connectivity index is 1.16. The van der Waals surface area contributed by atoms with Crippen LogP contribution in [0, 0.1) is 0 Å². The van der Waals surface area contributed by atoms with E-state index >= 15 is 0 Å². The van der Waals surface area contributed by atoms with Crippen molar-refractivity contribution < 1.29 is 14.3 Å². The zero-order valence-electron chi connectivity index (χ0n) is 19.7. The summed E-state index contributed by atoms with van der Waals surface area (Å²) in [5.74, 6) is 0.453. The van der Waals surface area contributed by atoms with Crippen molar-refractivity contribution in [3.8, 4) is 5.75 Å². The molecule has 0 aliphatic rings. The zero-order chi connectivity index (χ0) is 24.8. The van der Waals surface area contributed by atoms with E-state index < -0.39 is 0 Å². The van der Waals surface area contributed by atoms with Gasteiger partial charge in [-0.2, -0.15) is 20.5 Å². The van der Waals surface area contributed by atoms with E-state index in [1.54, 1.807) is 12.1 Å². The maximum Gasteiger partial charge on any atom is 0.338 e. The number of hydrogen-bond acceptors (Lipinski definition) is 7. The number of esters is 1. The fourth-order valence-electron chi connectivity index (χ4n) is 3.14. The molecule has 0 bridgehead atoms. The summed E-state index contributed by atoms with van der Waals surface area (Å²) in [6.45, 7) is 0.908. The predicted molar refractivity (Wildman–Crippen MR) is 139 cm³/mol. The normalized spacial score (nSPS) is 11.1. The molecule has 0 saturated carbocycles. The number of azo groups is 2. The van der Waals surface area contributed by atoms with Crippen molar-refractivity contribution in [1.82, 2.24) is 0 Å². The minimum absolute atomic E-state index is 0.300. The molecule has 36 heavy (non-hydrogen) atoms. The minimum atomic E-state index is -0.300. The molecule has 180 valence electrons. The quantitative estimate of drug-likeness (QED) is 0.123. The van der Waals surface area contributed by atoms with Crippen molar-refractivity contribution in [1.29, 1.82) is 0 Å². The summed E-state index contributed by atoms with van der Waals surface area (Å²) < 4.78 is 11.0. The van der Waals surface area contributed by atoms with Crippen LogP contribution in [0.1, 0.15) is 23.2 Å². The molecule has 4 rings (SSSR count). The van der Waals surface area contributed by atoms with Gasteiger partial charge in [0.05, 0.1) is 41.5 Å². The first-order chi connectivity index (χ1) is 17.8. The van der Waals surface area contributed by atoms with E-state index in [1.165, 1.54) is 0 Å². The van der Waals surface area contributed by atoms with E-state index in [2.05, 4.69) is 20.5 Å². The standard InChI is InChI=1S/C29H26N4O3/c34-29(23-9-3-1-4-10-23)36-22-8-7-21-35-28-19-17-27(18-20-28)33-32-26-15-13-25(14-16-26)31-30-24-11-5-2-6-12-24/h1-6,9-20H,7-8,21-22H2. The number of ether oxygens (including phenoxy) is 2. The third-order valence-electron chi connectivity index (χ3n) is 5.05. The van der Waals surface area contributed by atoms with Crippen LogP contribution >= 0.6 is 0 Å². The Morgan fingerprint density at radius 3 is 1.53 bits per heavy atom. The molecule has 0 unspecified atom stereocenters. The van der Waals surface area contributed by atoms with Crippen molar-refractivity contribution >= 4 is 28.7 Å². The first-order valence-corrected chi connectivity index (χ1v) is 11.7. The smallest absolute Gasteiger partial charge is 0.338 e. The number of carbonyl (C=O) groups is 1. The fraction of sp³-hybridized carbons (Fsp3) is 0.138. The Morgan fingerprint density at radius 1 is 0.528 bits per heavy atom. The first-order valence-electron chi connectivity index (χ1n) is 11.7. The second kappa shape index (κ2) is 13.3. The summed E-state index contributed by atoms with van der Waals surface area (Å²) in [5.41, 5.74) is 3.56. The van der Waals surface area contributed by atoms with E-state index in [-0.39, 0.29) is 5.97 Å². The second-order valence-electron chi connectivity index (χ2n) is 7.80. The molecular formula is C29H26N4O3. The van der Waals surface area contributed by atoms with Gasteiger partial charge in [-0.05, 0) is 85.6 Å². The highest BCUT2D eigenvalue weighted by Crippen LogP contribution is 2.24. The van der Waals surface area contributed by atoms with Crippen LogP contribution in [0.5, 0.6) is 5.75 Å². The molecular weight excluding hydrogens is 452 g/mol. The van der Waals surface area contributed by atoms with Crippen molar-refractivity contribution in [3.63, 3.8) is 0 Å². The number of nitrogens with zero attached hydrogens (tertiary/aromatic N) is 4. The van der Waals surface area contributed by atoms with Crippen LogP contribution in [-0.4, -0.2) is 19.2 Å². The molecule has 0 saturated heterocycles. The Kier molecular flexibility index (Phi) is 9.04. The molecule has 0 aromatic heterocycles. The van der Waals surface area contributed by atoms with Crippen molar-refractivity contribution in [2.45, 2.75) is 12.8 Å². The highest BCUT2D eigenvalue weighted by Gasteiger charge is 2.05. The fourth-order valence-corrected chi connectivity index (χ4v) is 3.14. The Morgan fingerprint density at radius 2 is 0.972 bits per heavy atom. The number of benzene rings is 4. The number of carbonyl (C=O) groups excluding carboxylic acids is 1. The van der Waals surface area contributed by atoms with Gasteiger partial charge in [0.15, 0.2) is 0 Å². The number of hydrogen-bond donors (Lipinski definition) is 0. The summed E-state index contributed by atoms with van der Waals surface area (Å²) in [7, 11) is 0. The summed E-state index contributed by atoms with van der Waals surface area (Å²) in [6, 6.07) is 33.4. The maximum absolute atomic E-state index is 11.9. The Labute approximate surface area is 210 Å². The van der Waals surface area contributed by atoms with Gasteiger partial charge in [-0.25, -0.2) is 4.79 Å². The molecule has 0 radical (unpaired) electrons. The largest absolute Gasteiger partial charge is 0.494 e. The molecule has 0 spiro atoms. The van der Waals surface area contributed by atoms with Crippen LogP contribution in [0.3, 0.4) is 0 Å². The summed E-state index contributed by atoms with van der Waals surface area (Å²) in [5, 5.41) is 17.0. The van der Waals surface area contributed by atoms with Crippen LogP contribution in [-0.2, 0) is 4.74 Å². The first kappa shape index (κ1) is 24.5. The van der Waals surface area contributed by atoms with Crippen molar-refractivity contribution in [3.05, 3.63) is 115 Å². The molecule has 0 fully saturated rings. The Hall–Kier alpha value is -4.65. The van der Waals surface area contributed by atoms with E-state index in [0.29, 0.717) is 18.8 Å². The lowest BCUT2D eigenvalue weighted by Gasteiger charge is -2.07.